The van der Waals surface area contributed by atoms with Crippen molar-refractivity contribution in [2.24, 2.45) is 0 Å². The number of benzene rings is 2. The van der Waals surface area contributed by atoms with E-state index in [0.717, 1.165) is 24.3 Å². The van der Waals surface area contributed by atoms with E-state index in [2.05, 4.69) is 10.2 Å². The van der Waals surface area contributed by atoms with E-state index in [0.29, 0.717) is 13.1 Å². The van der Waals surface area contributed by atoms with Crippen LogP contribution in [0.2, 0.25) is 0 Å². The van der Waals surface area contributed by atoms with Crippen molar-refractivity contribution in [2.75, 3.05) is 29.9 Å². The summed E-state index contributed by atoms with van der Waals surface area (Å²) in [6, 6.07) is 17.7. The zero-order valence-electron chi connectivity index (χ0n) is 16.6. The summed E-state index contributed by atoms with van der Waals surface area (Å²) in [7, 11) is 0. The largest absolute Gasteiger partial charge is 0.372 e. The van der Waals surface area contributed by atoms with E-state index in [-0.39, 0.29) is 18.2 Å². The molecule has 0 spiro atoms. The topological polar surface area (TPSA) is 52.7 Å². The van der Waals surface area contributed by atoms with Gasteiger partial charge >= 0.3 is 0 Å². The van der Waals surface area contributed by atoms with Crippen LogP contribution in [0.5, 0.6) is 0 Å². The maximum atomic E-state index is 12.5. The van der Waals surface area contributed by atoms with E-state index < -0.39 is 0 Å². The number of anilines is 2. The minimum Gasteiger partial charge on any atom is -0.372 e. The summed E-state index contributed by atoms with van der Waals surface area (Å²) in [5.74, 6) is -0.434. The highest BCUT2D eigenvalue weighted by Gasteiger charge is 2.17. The average molecular weight is 380 g/mol. The third-order valence-corrected chi connectivity index (χ3v) is 5.13. The first-order valence-corrected chi connectivity index (χ1v) is 10.1. The lowest BCUT2D eigenvalue weighted by Crippen LogP contribution is -2.33. The third kappa shape index (κ3) is 5.59. The van der Waals surface area contributed by atoms with Crippen LogP contribution in [-0.2, 0) is 16.1 Å². The molecule has 0 saturated carbocycles. The van der Waals surface area contributed by atoms with Gasteiger partial charge in [0.05, 0.1) is 0 Å². The lowest BCUT2D eigenvalue weighted by Gasteiger charge is -2.28. The van der Waals surface area contributed by atoms with Gasteiger partial charge in [0.1, 0.15) is 6.42 Å². The quantitative estimate of drug-likeness (QED) is 0.738. The van der Waals surface area contributed by atoms with E-state index >= 15 is 0 Å². The van der Waals surface area contributed by atoms with Gasteiger partial charge in [-0.3, -0.25) is 9.59 Å². The van der Waals surface area contributed by atoms with Crippen molar-refractivity contribution in [2.45, 2.75) is 39.2 Å². The van der Waals surface area contributed by atoms with Gasteiger partial charge in [-0.05, 0) is 56.0 Å². The number of nitrogens with zero attached hydrogens (tertiary/aromatic N) is 2. The molecule has 0 atom stereocenters. The summed E-state index contributed by atoms with van der Waals surface area (Å²) in [5.41, 5.74) is 2.98. The van der Waals surface area contributed by atoms with Crippen molar-refractivity contribution in [3.8, 4) is 0 Å². The molecule has 2 aromatic rings. The van der Waals surface area contributed by atoms with Gasteiger partial charge in [0.2, 0.25) is 11.8 Å². The molecule has 2 aromatic carbocycles. The predicted octanol–water partition coefficient (Wildman–Crippen LogP) is 4.05. The Hall–Kier alpha value is -2.82. The fourth-order valence-electron chi connectivity index (χ4n) is 3.54. The summed E-state index contributed by atoms with van der Waals surface area (Å²) < 4.78 is 0. The summed E-state index contributed by atoms with van der Waals surface area (Å²) in [6.45, 7) is 5.21. The molecule has 1 heterocycles. The van der Waals surface area contributed by atoms with Crippen molar-refractivity contribution < 1.29 is 9.59 Å². The molecular formula is C23H29N3O2. The van der Waals surface area contributed by atoms with Crippen LogP contribution in [0.15, 0.2) is 54.6 Å². The van der Waals surface area contributed by atoms with Crippen molar-refractivity contribution in [3.63, 3.8) is 0 Å². The minimum atomic E-state index is -0.276. The average Bonchev–Trinajstić information content (AvgIpc) is 2.73. The molecule has 5 heteroatoms. The number of amides is 2. The monoisotopic (exact) mass is 379 g/mol. The second-order valence-electron chi connectivity index (χ2n) is 7.21. The maximum absolute atomic E-state index is 12.5. The lowest BCUT2D eigenvalue weighted by molar-refractivity contribution is -0.134. The minimum absolute atomic E-state index is 0.144. The summed E-state index contributed by atoms with van der Waals surface area (Å²) in [5, 5.41) is 2.84. The zero-order valence-corrected chi connectivity index (χ0v) is 16.6. The van der Waals surface area contributed by atoms with E-state index in [1.165, 1.54) is 24.9 Å². The highest BCUT2D eigenvalue weighted by molar-refractivity contribution is 6.03. The van der Waals surface area contributed by atoms with Crippen molar-refractivity contribution in [1.82, 2.24) is 4.90 Å². The van der Waals surface area contributed by atoms with Crippen LogP contribution in [0.1, 0.15) is 38.2 Å². The highest BCUT2D eigenvalue weighted by Crippen LogP contribution is 2.22. The van der Waals surface area contributed by atoms with Gasteiger partial charge in [0, 0.05) is 37.6 Å². The number of carbonyl (C=O) groups excluding carboxylic acids is 2. The van der Waals surface area contributed by atoms with Crippen LogP contribution in [0, 0.1) is 0 Å². The number of hydrogen-bond acceptors (Lipinski definition) is 3. The van der Waals surface area contributed by atoms with E-state index in [4.69, 9.17) is 0 Å². The van der Waals surface area contributed by atoms with Crippen LogP contribution in [0.3, 0.4) is 0 Å². The Kier molecular flexibility index (Phi) is 7.06. The van der Waals surface area contributed by atoms with Gasteiger partial charge in [-0.25, -0.2) is 0 Å². The zero-order chi connectivity index (χ0) is 19.8. The normalized spacial score (nSPS) is 13.8. The fraction of sp³-hybridized carbons (Fsp3) is 0.391. The molecule has 28 heavy (non-hydrogen) atoms. The SMILES string of the molecule is CCN(Cc1ccccc1)C(=O)CC(=O)Nc1ccc(N2CCCCC2)cc1. The Morgan fingerprint density at radius 2 is 1.64 bits per heavy atom. The fourth-order valence-corrected chi connectivity index (χ4v) is 3.54. The Morgan fingerprint density at radius 3 is 2.29 bits per heavy atom. The molecule has 0 aromatic heterocycles. The van der Waals surface area contributed by atoms with Crippen LogP contribution in [0.4, 0.5) is 11.4 Å². The Morgan fingerprint density at radius 1 is 0.964 bits per heavy atom. The van der Waals surface area contributed by atoms with Gasteiger partial charge in [-0.15, -0.1) is 0 Å². The van der Waals surface area contributed by atoms with Crippen molar-refractivity contribution in [3.05, 3.63) is 60.2 Å². The van der Waals surface area contributed by atoms with Crippen molar-refractivity contribution in [1.29, 1.82) is 0 Å². The van der Waals surface area contributed by atoms with Crippen LogP contribution < -0.4 is 10.2 Å². The molecule has 3 rings (SSSR count). The number of nitrogens with one attached hydrogen (secondary N) is 1. The molecule has 5 nitrogen and oxygen atoms in total. The first-order chi connectivity index (χ1) is 13.7. The molecule has 0 unspecified atom stereocenters. The molecule has 1 aliphatic heterocycles. The second-order valence-corrected chi connectivity index (χ2v) is 7.21. The molecule has 1 N–H and O–H groups in total. The molecule has 0 bridgehead atoms. The lowest BCUT2D eigenvalue weighted by atomic mass is 10.1. The predicted molar refractivity (Wildman–Crippen MR) is 113 cm³/mol. The summed E-state index contributed by atoms with van der Waals surface area (Å²) in [4.78, 5) is 28.9. The first-order valence-electron chi connectivity index (χ1n) is 10.1. The van der Waals surface area contributed by atoms with E-state index in [1.807, 2.05) is 61.5 Å². The van der Waals surface area contributed by atoms with Crippen molar-refractivity contribution >= 4 is 23.2 Å². The Labute approximate surface area is 167 Å². The van der Waals surface area contributed by atoms with Gasteiger partial charge < -0.3 is 15.1 Å². The van der Waals surface area contributed by atoms with Crippen LogP contribution in [-0.4, -0.2) is 36.3 Å². The van der Waals surface area contributed by atoms with Gasteiger partial charge in [-0.2, -0.15) is 0 Å². The highest BCUT2D eigenvalue weighted by atomic mass is 16.2. The van der Waals surface area contributed by atoms with E-state index in [9.17, 15) is 9.59 Å². The van der Waals surface area contributed by atoms with Gasteiger partial charge in [-0.1, -0.05) is 30.3 Å². The number of piperidine rings is 1. The number of hydrogen-bond donors (Lipinski definition) is 1. The van der Waals surface area contributed by atoms with Gasteiger partial charge in [0.25, 0.3) is 0 Å². The number of carbonyl (C=O) groups is 2. The Bertz CT molecular complexity index is 768. The third-order valence-electron chi connectivity index (χ3n) is 5.13. The van der Waals surface area contributed by atoms with Crippen LogP contribution >= 0.6 is 0 Å². The second kappa shape index (κ2) is 9.93. The van der Waals surface area contributed by atoms with Crippen LogP contribution in [0.25, 0.3) is 0 Å². The van der Waals surface area contributed by atoms with E-state index in [1.54, 1.807) is 4.90 Å². The standard InChI is InChI=1S/C23H29N3O2/c1-2-25(18-19-9-5-3-6-10-19)23(28)17-22(27)24-20-11-13-21(14-12-20)26-15-7-4-8-16-26/h3,5-6,9-14H,2,4,7-8,15-18H2,1H3,(H,24,27). The maximum Gasteiger partial charge on any atom is 0.233 e. The Balaban J connectivity index is 1.51. The molecule has 1 fully saturated rings. The molecule has 2 amide bonds. The molecule has 1 aliphatic rings. The molecule has 1 saturated heterocycles. The molecule has 148 valence electrons. The molecule has 0 radical (unpaired) electrons. The molecular weight excluding hydrogens is 350 g/mol. The smallest absolute Gasteiger partial charge is 0.233 e. The van der Waals surface area contributed by atoms with Gasteiger partial charge in [0.15, 0.2) is 0 Å². The first kappa shape index (κ1) is 19.9. The summed E-state index contributed by atoms with van der Waals surface area (Å²) >= 11 is 0. The summed E-state index contributed by atoms with van der Waals surface area (Å²) in [6.07, 6.45) is 3.63. The number of rotatable bonds is 7. The molecule has 0 aliphatic carbocycles.